The number of rotatable bonds is 6. The number of likely N-dealkylation sites (tertiary alicyclic amines) is 1. The van der Waals surface area contributed by atoms with Gasteiger partial charge in [-0.3, -0.25) is 19.6 Å². The van der Waals surface area contributed by atoms with Crippen molar-refractivity contribution in [1.29, 1.82) is 0 Å². The summed E-state index contributed by atoms with van der Waals surface area (Å²) in [5, 5.41) is 3.02. The summed E-state index contributed by atoms with van der Waals surface area (Å²) >= 11 is 0. The third kappa shape index (κ3) is 4.66. The summed E-state index contributed by atoms with van der Waals surface area (Å²) in [6.45, 7) is 3.55. The molecular weight excluding hydrogens is 402 g/mol. The third-order valence-corrected chi connectivity index (χ3v) is 6.12. The lowest BCUT2D eigenvalue weighted by molar-refractivity contribution is -0.133. The van der Waals surface area contributed by atoms with E-state index in [9.17, 15) is 9.59 Å². The number of nitrogens with one attached hydrogen (secondary N) is 1. The zero-order chi connectivity index (χ0) is 22.4. The van der Waals surface area contributed by atoms with Crippen LogP contribution in [0.25, 0.3) is 11.1 Å². The standard InChI is InChI=1S/C25H27N5O2/c1-2-28-24(32)25(9-15-30(16-10-25)23(31)22-18-27-13-14-29-22)17-19-3-5-20(6-4-19)21-7-11-26-12-8-21/h3-8,11-14,18H,2,9-10,15-17H2,1H3,(H,28,32). The molecule has 0 bridgehead atoms. The lowest BCUT2D eigenvalue weighted by Crippen LogP contribution is -2.51. The Labute approximate surface area is 187 Å². The Balaban J connectivity index is 1.49. The van der Waals surface area contributed by atoms with Gasteiger partial charge in [0.2, 0.25) is 5.91 Å². The SMILES string of the molecule is CCNC(=O)C1(Cc2ccc(-c3ccncc3)cc2)CCN(C(=O)c2cnccn2)CC1. The van der Waals surface area contributed by atoms with Gasteiger partial charge >= 0.3 is 0 Å². The molecule has 0 spiro atoms. The van der Waals surface area contributed by atoms with E-state index in [1.54, 1.807) is 23.5 Å². The molecule has 1 N–H and O–H groups in total. The second-order valence-corrected chi connectivity index (χ2v) is 8.13. The van der Waals surface area contributed by atoms with Crippen LogP contribution in [0, 0.1) is 5.41 Å². The van der Waals surface area contributed by atoms with Crippen molar-refractivity contribution < 1.29 is 9.59 Å². The van der Waals surface area contributed by atoms with Gasteiger partial charge in [-0.05, 0) is 55.0 Å². The zero-order valence-electron chi connectivity index (χ0n) is 18.2. The fourth-order valence-corrected chi connectivity index (χ4v) is 4.29. The van der Waals surface area contributed by atoms with Gasteiger partial charge in [-0.25, -0.2) is 4.98 Å². The van der Waals surface area contributed by atoms with E-state index < -0.39 is 5.41 Å². The van der Waals surface area contributed by atoms with E-state index in [-0.39, 0.29) is 11.8 Å². The summed E-state index contributed by atoms with van der Waals surface area (Å²) in [5.74, 6) is -0.0749. The van der Waals surface area contributed by atoms with Crippen molar-refractivity contribution in [2.24, 2.45) is 5.41 Å². The van der Waals surface area contributed by atoms with Gasteiger partial charge in [0, 0.05) is 44.4 Å². The fraction of sp³-hybridized carbons (Fsp3) is 0.320. The van der Waals surface area contributed by atoms with Crippen molar-refractivity contribution in [3.8, 4) is 11.1 Å². The minimum atomic E-state index is -0.534. The monoisotopic (exact) mass is 429 g/mol. The van der Waals surface area contributed by atoms with Crippen LogP contribution in [0.3, 0.4) is 0 Å². The highest BCUT2D eigenvalue weighted by atomic mass is 16.2. The molecular formula is C25H27N5O2. The number of amides is 2. The third-order valence-electron chi connectivity index (χ3n) is 6.12. The number of nitrogens with zero attached hydrogens (tertiary/aromatic N) is 4. The van der Waals surface area contributed by atoms with Crippen molar-refractivity contribution in [1.82, 2.24) is 25.2 Å². The Hall–Kier alpha value is -3.61. The number of benzene rings is 1. The van der Waals surface area contributed by atoms with Gasteiger partial charge in [0.1, 0.15) is 5.69 Å². The number of hydrogen-bond donors (Lipinski definition) is 1. The van der Waals surface area contributed by atoms with Crippen molar-refractivity contribution in [3.63, 3.8) is 0 Å². The van der Waals surface area contributed by atoms with Crippen molar-refractivity contribution >= 4 is 11.8 Å². The summed E-state index contributed by atoms with van der Waals surface area (Å²) in [7, 11) is 0. The smallest absolute Gasteiger partial charge is 0.274 e. The van der Waals surface area contributed by atoms with Crippen LogP contribution in [0.5, 0.6) is 0 Å². The van der Waals surface area contributed by atoms with E-state index in [2.05, 4.69) is 44.5 Å². The van der Waals surface area contributed by atoms with Gasteiger partial charge in [-0.2, -0.15) is 0 Å². The number of carbonyl (C=O) groups excluding carboxylic acids is 2. The second kappa shape index (κ2) is 9.68. The van der Waals surface area contributed by atoms with E-state index in [4.69, 9.17) is 0 Å². The molecule has 0 unspecified atom stereocenters. The second-order valence-electron chi connectivity index (χ2n) is 8.13. The average Bonchev–Trinajstić information content (AvgIpc) is 2.86. The first-order valence-electron chi connectivity index (χ1n) is 10.9. The largest absolute Gasteiger partial charge is 0.356 e. The highest BCUT2D eigenvalue weighted by Gasteiger charge is 2.42. The van der Waals surface area contributed by atoms with Gasteiger partial charge in [0.25, 0.3) is 5.91 Å². The Morgan fingerprint density at radius 3 is 2.25 bits per heavy atom. The number of carbonyl (C=O) groups is 2. The number of hydrogen-bond acceptors (Lipinski definition) is 5. The molecule has 4 rings (SSSR count). The quantitative estimate of drug-likeness (QED) is 0.650. The Bertz CT molecular complexity index is 1050. The molecule has 7 nitrogen and oxygen atoms in total. The molecule has 0 saturated carbocycles. The van der Waals surface area contributed by atoms with Gasteiger partial charge in [0.05, 0.1) is 11.6 Å². The Morgan fingerprint density at radius 2 is 1.62 bits per heavy atom. The molecule has 7 heteroatoms. The first-order valence-corrected chi connectivity index (χ1v) is 10.9. The summed E-state index contributed by atoms with van der Waals surface area (Å²) in [4.78, 5) is 39.8. The van der Waals surface area contributed by atoms with E-state index in [1.165, 1.54) is 12.4 Å². The van der Waals surface area contributed by atoms with Crippen LogP contribution in [0.15, 0.2) is 67.4 Å². The topological polar surface area (TPSA) is 88.1 Å². The minimum Gasteiger partial charge on any atom is -0.356 e. The van der Waals surface area contributed by atoms with Crippen LogP contribution < -0.4 is 5.32 Å². The maximum absolute atomic E-state index is 13.1. The lowest BCUT2D eigenvalue weighted by atomic mass is 9.72. The van der Waals surface area contributed by atoms with Crippen molar-refractivity contribution in [2.75, 3.05) is 19.6 Å². The molecule has 1 aromatic carbocycles. The molecule has 0 aliphatic carbocycles. The normalized spacial score (nSPS) is 15.2. The number of aromatic nitrogens is 3. The predicted molar refractivity (Wildman–Crippen MR) is 122 cm³/mol. The van der Waals surface area contributed by atoms with Crippen molar-refractivity contribution in [3.05, 3.63) is 78.6 Å². The number of pyridine rings is 1. The highest BCUT2D eigenvalue weighted by molar-refractivity contribution is 5.92. The minimum absolute atomic E-state index is 0.0600. The van der Waals surface area contributed by atoms with Gasteiger partial charge < -0.3 is 10.2 Å². The Morgan fingerprint density at radius 1 is 0.938 bits per heavy atom. The first kappa shape index (κ1) is 21.6. The maximum atomic E-state index is 13.1. The summed E-state index contributed by atoms with van der Waals surface area (Å²) in [6, 6.07) is 12.3. The van der Waals surface area contributed by atoms with Crippen LogP contribution in [0.1, 0.15) is 35.8 Å². The number of piperidine rings is 1. The van der Waals surface area contributed by atoms with Crippen LogP contribution in [0.4, 0.5) is 0 Å². The molecule has 0 radical (unpaired) electrons. The van der Waals surface area contributed by atoms with E-state index in [0.29, 0.717) is 44.6 Å². The van der Waals surface area contributed by atoms with Gasteiger partial charge in [0.15, 0.2) is 0 Å². The lowest BCUT2D eigenvalue weighted by Gasteiger charge is -2.40. The molecule has 32 heavy (non-hydrogen) atoms. The molecule has 2 amide bonds. The average molecular weight is 430 g/mol. The van der Waals surface area contributed by atoms with Crippen LogP contribution >= 0.6 is 0 Å². The van der Waals surface area contributed by atoms with Crippen LogP contribution in [0.2, 0.25) is 0 Å². The Kier molecular flexibility index (Phi) is 6.54. The van der Waals surface area contributed by atoms with Gasteiger partial charge in [-0.15, -0.1) is 0 Å². The fourth-order valence-electron chi connectivity index (χ4n) is 4.29. The molecule has 1 saturated heterocycles. The molecule has 164 valence electrons. The molecule has 2 aromatic heterocycles. The summed E-state index contributed by atoms with van der Waals surface area (Å²) < 4.78 is 0. The van der Waals surface area contributed by atoms with E-state index >= 15 is 0 Å². The molecule has 3 aromatic rings. The summed E-state index contributed by atoms with van der Waals surface area (Å²) in [6.07, 6.45) is 9.97. The van der Waals surface area contributed by atoms with E-state index in [1.807, 2.05) is 19.1 Å². The molecule has 1 aliphatic heterocycles. The molecule has 3 heterocycles. The first-order chi connectivity index (χ1) is 15.6. The highest BCUT2D eigenvalue weighted by Crippen LogP contribution is 2.36. The zero-order valence-corrected chi connectivity index (χ0v) is 18.2. The van der Waals surface area contributed by atoms with E-state index in [0.717, 1.165) is 16.7 Å². The predicted octanol–water partition coefficient (Wildman–Crippen LogP) is 3.14. The van der Waals surface area contributed by atoms with Gasteiger partial charge in [-0.1, -0.05) is 24.3 Å². The van der Waals surface area contributed by atoms with Crippen molar-refractivity contribution in [2.45, 2.75) is 26.2 Å². The van der Waals surface area contributed by atoms with Crippen LogP contribution in [-0.2, 0) is 11.2 Å². The molecule has 1 fully saturated rings. The van der Waals surface area contributed by atoms with Crippen LogP contribution in [-0.4, -0.2) is 51.3 Å². The maximum Gasteiger partial charge on any atom is 0.274 e. The summed E-state index contributed by atoms with van der Waals surface area (Å²) in [5.41, 5.74) is 3.15. The molecule has 0 atom stereocenters. The molecule has 1 aliphatic rings.